The molecule has 254 valence electrons. The molecular formula is C36H64N2O6. The standard InChI is InChI=1S/C36H64N2O6/c1-6-7-8-9-10-11-12-13-14-15-16-17-18-19-20-25-31(39)37-29-23-21-22-24-30(29)38(27-26-32(40)41)34(42)33-35(2,3)28-43-36(4,5)44-33/h13-14,29-30,33H,6-12,15-28H2,1-5H3,(H,37,39)(H,40,41)/t29-,30-,33?/m0/s1. The molecule has 0 aromatic rings. The van der Waals surface area contributed by atoms with Crippen molar-refractivity contribution in [3.63, 3.8) is 0 Å². The molecule has 3 atom stereocenters. The van der Waals surface area contributed by atoms with Crippen molar-refractivity contribution in [2.75, 3.05) is 13.2 Å². The Labute approximate surface area is 268 Å². The van der Waals surface area contributed by atoms with E-state index in [4.69, 9.17) is 9.47 Å². The van der Waals surface area contributed by atoms with E-state index in [1.807, 2.05) is 13.8 Å². The van der Waals surface area contributed by atoms with Crippen LogP contribution in [0.4, 0.5) is 0 Å². The molecule has 44 heavy (non-hydrogen) atoms. The second kappa shape index (κ2) is 20.2. The van der Waals surface area contributed by atoms with Crippen LogP contribution in [0.5, 0.6) is 0 Å². The summed E-state index contributed by atoms with van der Waals surface area (Å²) in [5.41, 5.74) is -0.564. The van der Waals surface area contributed by atoms with E-state index in [0.717, 1.165) is 51.4 Å². The summed E-state index contributed by atoms with van der Waals surface area (Å²) in [6, 6.07) is -0.438. The van der Waals surface area contributed by atoms with Gasteiger partial charge in [-0.15, -0.1) is 0 Å². The van der Waals surface area contributed by atoms with Crippen LogP contribution >= 0.6 is 0 Å². The minimum absolute atomic E-state index is 0.0222. The normalized spacial score (nSPS) is 23.0. The molecule has 0 aromatic heterocycles. The molecule has 8 heteroatoms. The molecule has 1 unspecified atom stereocenters. The summed E-state index contributed by atoms with van der Waals surface area (Å²) in [6.45, 7) is 10.2. The minimum atomic E-state index is -0.948. The number of allylic oxidation sites excluding steroid dienone is 2. The van der Waals surface area contributed by atoms with Crippen molar-refractivity contribution in [3.05, 3.63) is 12.2 Å². The molecule has 2 fully saturated rings. The molecule has 0 radical (unpaired) electrons. The highest BCUT2D eigenvalue weighted by molar-refractivity contribution is 5.83. The average molecular weight is 621 g/mol. The summed E-state index contributed by atoms with van der Waals surface area (Å²) >= 11 is 0. The number of carbonyl (C=O) groups is 3. The highest BCUT2D eigenvalue weighted by atomic mass is 16.7. The zero-order valence-electron chi connectivity index (χ0n) is 28.7. The highest BCUT2D eigenvalue weighted by Crippen LogP contribution is 2.37. The van der Waals surface area contributed by atoms with E-state index in [9.17, 15) is 19.5 Å². The van der Waals surface area contributed by atoms with Gasteiger partial charge in [-0.1, -0.05) is 97.1 Å². The zero-order valence-corrected chi connectivity index (χ0v) is 28.7. The molecule has 0 aromatic carbocycles. The van der Waals surface area contributed by atoms with Crippen LogP contribution in [0.2, 0.25) is 0 Å². The van der Waals surface area contributed by atoms with Crippen LogP contribution in [0.1, 0.15) is 157 Å². The van der Waals surface area contributed by atoms with Gasteiger partial charge in [0.2, 0.25) is 5.91 Å². The third kappa shape index (κ3) is 14.4. The molecule has 2 amide bonds. The molecule has 2 aliphatic rings. The van der Waals surface area contributed by atoms with Crippen molar-refractivity contribution < 1.29 is 29.0 Å². The molecule has 1 aliphatic heterocycles. The fraction of sp³-hybridized carbons (Fsp3) is 0.861. The molecule has 1 saturated carbocycles. The summed E-state index contributed by atoms with van der Waals surface area (Å²) in [5, 5.41) is 12.7. The Morgan fingerprint density at radius 2 is 1.43 bits per heavy atom. The van der Waals surface area contributed by atoms with Gasteiger partial charge >= 0.3 is 5.97 Å². The first-order valence-corrected chi connectivity index (χ1v) is 17.8. The Bertz CT molecular complexity index is 886. The molecule has 1 saturated heterocycles. The number of unbranched alkanes of at least 4 members (excludes halogenated alkanes) is 11. The Hall–Kier alpha value is -1.93. The number of carboxylic acids is 1. The van der Waals surface area contributed by atoms with Gasteiger partial charge in [0.15, 0.2) is 5.79 Å². The zero-order chi connectivity index (χ0) is 32.4. The Kier molecular flexibility index (Phi) is 17.6. The maximum atomic E-state index is 14.0. The van der Waals surface area contributed by atoms with Gasteiger partial charge in [-0.2, -0.15) is 0 Å². The smallest absolute Gasteiger partial charge is 0.305 e. The van der Waals surface area contributed by atoms with Crippen LogP contribution < -0.4 is 5.32 Å². The van der Waals surface area contributed by atoms with Gasteiger partial charge in [-0.25, -0.2) is 0 Å². The Morgan fingerprint density at radius 3 is 2.07 bits per heavy atom. The largest absolute Gasteiger partial charge is 0.481 e. The minimum Gasteiger partial charge on any atom is -0.481 e. The van der Waals surface area contributed by atoms with Crippen LogP contribution in [0.3, 0.4) is 0 Å². The third-order valence-electron chi connectivity index (χ3n) is 9.12. The quantitative estimate of drug-likeness (QED) is 0.0997. The average Bonchev–Trinajstić information content (AvgIpc) is 2.97. The number of carbonyl (C=O) groups excluding carboxylic acids is 2. The van der Waals surface area contributed by atoms with Gasteiger partial charge in [0.1, 0.15) is 6.10 Å². The Balaban J connectivity index is 1.78. The van der Waals surface area contributed by atoms with Crippen molar-refractivity contribution in [2.45, 2.75) is 181 Å². The molecule has 1 heterocycles. The molecule has 8 nitrogen and oxygen atoms in total. The second-order valence-corrected chi connectivity index (χ2v) is 14.2. The van der Waals surface area contributed by atoms with Crippen LogP contribution in [0, 0.1) is 5.41 Å². The molecule has 2 N–H and O–H groups in total. The fourth-order valence-corrected chi connectivity index (χ4v) is 6.39. The van der Waals surface area contributed by atoms with E-state index in [0.29, 0.717) is 13.0 Å². The van der Waals surface area contributed by atoms with E-state index in [1.54, 1.807) is 18.7 Å². The summed E-state index contributed by atoms with van der Waals surface area (Å²) < 4.78 is 11.9. The highest BCUT2D eigenvalue weighted by Gasteiger charge is 2.48. The third-order valence-corrected chi connectivity index (χ3v) is 9.12. The SMILES string of the molecule is CCCCCCCCC=CCCCCCCCC(=O)N[C@H]1CCCC[C@@H]1N(CCC(=O)O)C(=O)C1OC(C)(C)OCC1(C)C. The predicted octanol–water partition coefficient (Wildman–Crippen LogP) is 7.93. The lowest BCUT2D eigenvalue weighted by atomic mass is 9.83. The number of nitrogens with zero attached hydrogens (tertiary/aromatic N) is 1. The van der Waals surface area contributed by atoms with Gasteiger partial charge in [-0.05, 0) is 58.8 Å². The van der Waals surface area contributed by atoms with E-state index in [2.05, 4.69) is 24.4 Å². The topological polar surface area (TPSA) is 105 Å². The summed E-state index contributed by atoms with van der Waals surface area (Å²) in [4.78, 5) is 40.2. The van der Waals surface area contributed by atoms with Gasteiger partial charge in [-0.3, -0.25) is 14.4 Å². The number of aliphatic carboxylic acids is 1. The van der Waals surface area contributed by atoms with E-state index in [1.165, 1.54) is 57.8 Å². The molecule has 0 spiro atoms. The first-order valence-electron chi connectivity index (χ1n) is 17.8. The second-order valence-electron chi connectivity index (χ2n) is 14.2. The summed E-state index contributed by atoms with van der Waals surface area (Å²) in [7, 11) is 0. The maximum Gasteiger partial charge on any atom is 0.305 e. The van der Waals surface area contributed by atoms with Crippen LogP contribution in [-0.4, -0.2) is 64.9 Å². The summed E-state index contributed by atoms with van der Waals surface area (Å²) in [6.07, 6.45) is 23.5. The van der Waals surface area contributed by atoms with Crippen molar-refractivity contribution in [1.29, 1.82) is 0 Å². The van der Waals surface area contributed by atoms with Crippen molar-refractivity contribution >= 4 is 17.8 Å². The number of hydrogen-bond donors (Lipinski definition) is 2. The number of amides is 2. The van der Waals surface area contributed by atoms with E-state index < -0.39 is 23.3 Å². The van der Waals surface area contributed by atoms with E-state index >= 15 is 0 Å². The first kappa shape index (κ1) is 38.3. The monoisotopic (exact) mass is 620 g/mol. The number of nitrogens with one attached hydrogen (secondary N) is 1. The molecule has 1 aliphatic carbocycles. The van der Waals surface area contributed by atoms with Gasteiger partial charge in [0, 0.05) is 24.4 Å². The molecular weight excluding hydrogens is 556 g/mol. The van der Waals surface area contributed by atoms with Crippen molar-refractivity contribution in [1.82, 2.24) is 10.2 Å². The fourth-order valence-electron chi connectivity index (χ4n) is 6.39. The lowest BCUT2D eigenvalue weighted by Gasteiger charge is -2.48. The number of ether oxygens (including phenoxy) is 2. The lowest BCUT2D eigenvalue weighted by Crippen LogP contribution is -2.62. The summed E-state index contributed by atoms with van der Waals surface area (Å²) in [5.74, 6) is -2.04. The molecule has 0 bridgehead atoms. The Morgan fingerprint density at radius 1 is 0.841 bits per heavy atom. The van der Waals surface area contributed by atoms with Gasteiger partial charge < -0.3 is 24.8 Å². The number of carboxylic acid groups (broad SMARTS) is 1. The molecule has 2 rings (SSSR count). The van der Waals surface area contributed by atoms with Crippen molar-refractivity contribution in [2.24, 2.45) is 5.41 Å². The number of rotatable bonds is 21. The lowest BCUT2D eigenvalue weighted by molar-refractivity contribution is -0.306. The van der Waals surface area contributed by atoms with Crippen LogP contribution in [0.15, 0.2) is 12.2 Å². The van der Waals surface area contributed by atoms with Gasteiger partial charge in [0.25, 0.3) is 5.91 Å². The maximum absolute atomic E-state index is 14.0. The van der Waals surface area contributed by atoms with Crippen molar-refractivity contribution in [3.8, 4) is 0 Å². The van der Waals surface area contributed by atoms with Crippen LogP contribution in [0.25, 0.3) is 0 Å². The number of hydrogen-bond acceptors (Lipinski definition) is 5. The predicted molar refractivity (Wildman–Crippen MR) is 176 cm³/mol. The van der Waals surface area contributed by atoms with Gasteiger partial charge in [0.05, 0.1) is 19.1 Å². The first-order chi connectivity index (χ1) is 21.0. The van der Waals surface area contributed by atoms with E-state index in [-0.39, 0.29) is 36.9 Å². The van der Waals surface area contributed by atoms with Crippen LogP contribution in [-0.2, 0) is 23.9 Å².